The molecule has 3 rings (SSSR count). The van der Waals surface area contributed by atoms with Crippen LogP contribution in [0.15, 0.2) is 29.0 Å². The van der Waals surface area contributed by atoms with Crippen molar-refractivity contribution in [3.05, 3.63) is 51.5 Å². The van der Waals surface area contributed by atoms with E-state index < -0.39 is 12.9 Å². The maximum absolute atomic E-state index is 15.9. The molecule has 0 saturated carbocycles. The molecule has 0 unspecified atom stereocenters. The zero-order valence-corrected chi connectivity index (χ0v) is 18.4. The van der Waals surface area contributed by atoms with Gasteiger partial charge in [0.2, 0.25) is 0 Å². The topological polar surface area (TPSA) is 34.2 Å². The Labute approximate surface area is 171 Å². The number of ether oxygens (including phenoxy) is 1. The van der Waals surface area contributed by atoms with Gasteiger partial charge < -0.3 is 22.3 Å². The number of esters is 1. The summed E-state index contributed by atoms with van der Waals surface area (Å²) in [4.78, 5) is 12.1. The number of rotatable bonds is 5. The average Bonchev–Trinajstić information content (AvgIpc) is 3.06. The smallest absolute Gasteiger partial charge is 0.457 e. The van der Waals surface area contributed by atoms with Crippen molar-refractivity contribution in [3.63, 3.8) is 0 Å². The maximum atomic E-state index is 15.9. The second-order valence-electron chi connectivity index (χ2n) is 7.95. The third-order valence-corrected chi connectivity index (χ3v) is 6.29. The third kappa shape index (κ3) is 2.85. The van der Waals surface area contributed by atoms with Crippen LogP contribution < -0.4 is 0 Å². The van der Waals surface area contributed by atoms with Gasteiger partial charge in [0.05, 0.1) is 5.57 Å². The van der Waals surface area contributed by atoms with Crippen LogP contribution in [-0.4, -0.2) is 34.2 Å². The van der Waals surface area contributed by atoms with E-state index in [1.165, 1.54) is 8.96 Å². The number of fused-ring (bicyclic) bond motifs is 2. The monoisotopic (exact) mass is 402 g/mol. The van der Waals surface area contributed by atoms with Crippen molar-refractivity contribution in [1.82, 2.24) is 4.48 Å². The second kappa shape index (κ2) is 7.11. The van der Waals surface area contributed by atoms with Crippen molar-refractivity contribution in [3.8, 4) is 0 Å². The number of allylic oxidation sites excluding steroid dienone is 2. The van der Waals surface area contributed by atoms with Gasteiger partial charge in [-0.3, -0.25) is 0 Å². The highest BCUT2D eigenvalue weighted by Gasteiger charge is 2.56. The van der Waals surface area contributed by atoms with Gasteiger partial charge in [0.25, 0.3) is 0 Å². The van der Waals surface area contributed by atoms with Gasteiger partial charge >= 0.3 is 12.9 Å². The van der Waals surface area contributed by atoms with Gasteiger partial charge in [-0.05, 0) is 57.4 Å². The summed E-state index contributed by atoms with van der Waals surface area (Å²) in [5.41, 5.74) is 6.52. The Morgan fingerprint density at radius 2 is 1.76 bits per heavy atom. The Morgan fingerprint density at radius 3 is 2.28 bits per heavy atom. The first-order valence-corrected chi connectivity index (χ1v) is 10.1. The summed E-state index contributed by atoms with van der Waals surface area (Å²) in [6.07, 6.45) is 1.32. The number of hydrogen-bond donors (Lipinski definition) is 0. The Hall–Kier alpha value is -2.44. The number of hydrogen-bond acceptors (Lipinski definition) is 2. The molecule has 0 saturated heterocycles. The fourth-order valence-corrected chi connectivity index (χ4v) is 5.00. The molecule has 2 aliphatic heterocycles. The lowest BCUT2D eigenvalue weighted by molar-refractivity contribution is -0.364. The van der Waals surface area contributed by atoms with Crippen LogP contribution in [0.3, 0.4) is 0 Å². The van der Waals surface area contributed by atoms with Crippen molar-refractivity contribution in [2.24, 2.45) is 0 Å². The van der Waals surface area contributed by atoms with Crippen molar-refractivity contribution >= 4 is 24.2 Å². The lowest BCUT2D eigenvalue weighted by Crippen LogP contribution is -2.52. The van der Waals surface area contributed by atoms with E-state index >= 15 is 8.63 Å². The Kier molecular flexibility index (Phi) is 5.22. The molecule has 7 heteroatoms. The predicted molar refractivity (Wildman–Crippen MR) is 113 cm³/mol. The first-order chi connectivity index (χ1) is 13.5. The highest BCUT2D eigenvalue weighted by Crippen LogP contribution is 2.44. The fourth-order valence-electron chi connectivity index (χ4n) is 5.00. The number of carbonyl (C=O) groups excluding carboxylic acids is 1. The molecule has 0 N–H and O–H groups in total. The first-order valence-electron chi connectivity index (χ1n) is 10.1. The van der Waals surface area contributed by atoms with Crippen LogP contribution in [0.25, 0.3) is 5.57 Å². The molecule has 0 spiro atoms. The molecule has 1 aromatic heterocycles. The molecule has 29 heavy (non-hydrogen) atoms. The normalized spacial score (nSPS) is 17.7. The SMILES string of the molecule is C=C(C)C(=O)OCC1=C2C(C)=C(CC)C(C)=[N+]2[B-](F)(F)n2c(C)c(CC)c(C)c21. The molecule has 0 aromatic carbocycles. The standard InChI is InChI=1S/C22H29BF2N2O2/c1-9-17-13(5)20-19(11-29-22(28)12(3)4)21-14(6)18(10-2)16(8)27(21)23(24,25)26(20)15(17)7/h3,9-11H2,1-2,4-8H3. The van der Waals surface area contributed by atoms with Crippen molar-refractivity contribution in [1.29, 1.82) is 0 Å². The number of halogens is 2. The molecule has 0 bridgehead atoms. The Balaban J connectivity index is 2.37. The fraction of sp³-hybridized carbons (Fsp3) is 0.455. The summed E-state index contributed by atoms with van der Waals surface area (Å²) in [7, 11) is 0. The minimum atomic E-state index is -4.05. The van der Waals surface area contributed by atoms with E-state index in [1.54, 1.807) is 20.8 Å². The van der Waals surface area contributed by atoms with Gasteiger partial charge in [-0.1, -0.05) is 20.4 Å². The van der Waals surface area contributed by atoms with E-state index in [0.717, 1.165) is 22.3 Å². The summed E-state index contributed by atoms with van der Waals surface area (Å²) < 4.78 is 39.7. The molecule has 0 radical (unpaired) electrons. The van der Waals surface area contributed by atoms with Gasteiger partial charge in [0.15, 0.2) is 5.70 Å². The molecule has 156 valence electrons. The quantitative estimate of drug-likeness (QED) is 0.397. The van der Waals surface area contributed by atoms with Gasteiger partial charge in [-0.2, -0.15) is 0 Å². The number of aromatic nitrogens is 1. The largest absolute Gasteiger partial charge is 0.737 e. The predicted octanol–water partition coefficient (Wildman–Crippen LogP) is 4.95. The highest BCUT2D eigenvalue weighted by molar-refractivity contribution is 6.58. The van der Waals surface area contributed by atoms with Crippen LogP contribution in [0, 0.1) is 13.8 Å². The van der Waals surface area contributed by atoms with Crippen LogP contribution in [0.4, 0.5) is 8.63 Å². The number of carbonyl (C=O) groups is 1. The average molecular weight is 402 g/mol. The maximum Gasteiger partial charge on any atom is 0.737 e. The molecule has 2 aliphatic rings. The van der Waals surface area contributed by atoms with Gasteiger partial charge in [-0.25, -0.2) is 4.79 Å². The molecule has 4 nitrogen and oxygen atoms in total. The molecular weight excluding hydrogens is 373 g/mol. The zero-order chi connectivity index (χ0) is 21.8. The number of nitrogens with zero attached hydrogens (tertiary/aromatic N) is 2. The van der Waals surface area contributed by atoms with Crippen LogP contribution in [0.2, 0.25) is 0 Å². The van der Waals surface area contributed by atoms with Crippen molar-refractivity contribution in [2.45, 2.75) is 61.3 Å². The van der Waals surface area contributed by atoms with Gasteiger partial charge in [-0.15, -0.1) is 0 Å². The Bertz CT molecular complexity index is 1040. The van der Waals surface area contributed by atoms with E-state index in [-0.39, 0.29) is 12.2 Å². The summed E-state index contributed by atoms with van der Waals surface area (Å²) in [6, 6.07) is 0. The first kappa shape index (κ1) is 21.3. The lowest BCUT2D eigenvalue weighted by Gasteiger charge is -2.33. The van der Waals surface area contributed by atoms with Crippen LogP contribution in [-0.2, 0) is 16.0 Å². The molecule has 0 atom stereocenters. The third-order valence-electron chi connectivity index (χ3n) is 6.29. The van der Waals surface area contributed by atoms with E-state index in [9.17, 15) is 4.79 Å². The second-order valence-corrected chi connectivity index (χ2v) is 7.95. The van der Waals surface area contributed by atoms with Crippen molar-refractivity contribution < 1.29 is 22.6 Å². The van der Waals surface area contributed by atoms with Gasteiger partial charge in [0, 0.05) is 29.3 Å². The van der Waals surface area contributed by atoms with Crippen LogP contribution in [0.5, 0.6) is 0 Å². The molecule has 0 amide bonds. The molecular formula is C22H29BF2N2O2. The van der Waals surface area contributed by atoms with Crippen LogP contribution >= 0.6 is 0 Å². The van der Waals surface area contributed by atoms with Crippen LogP contribution in [0.1, 0.15) is 63.6 Å². The van der Waals surface area contributed by atoms with Crippen molar-refractivity contribution in [2.75, 3.05) is 6.61 Å². The minimum Gasteiger partial charge on any atom is -0.457 e. The summed E-state index contributed by atoms with van der Waals surface area (Å²) >= 11 is 0. The zero-order valence-electron chi connectivity index (χ0n) is 18.4. The van der Waals surface area contributed by atoms with E-state index in [2.05, 4.69) is 6.58 Å². The lowest BCUT2D eigenvalue weighted by atomic mass is 9.86. The summed E-state index contributed by atoms with van der Waals surface area (Å²) in [5, 5.41) is 0. The molecule has 1 aromatic rings. The minimum absolute atomic E-state index is 0.0707. The molecule has 3 heterocycles. The Morgan fingerprint density at radius 1 is 1.14 bits per heavy atom. The molecule has 0 aliphatic carbocycles. The summed E-state index contributed by atoms with van der Waals surface area (Å²) in [6.45, 7) is 12.3. The molecule has 0 fully saturated rings. The summed E-state index contributed by atoms with van der Waals surface area (Å²) in [5.74, 6) is -0.522. The van der Waals surface area contributed by atoms with E-state index in [4.69, 9.17) is 4.74 Å². The van der Waals surface area contributed by atoms with E-state index in [0.29, 0.717) is 41.2 Å². The highest BCUT2D eigenvalue weighted by atomic mass is 19.2. The van der Waals surface area contributed by atoms with Gasteiger partial charge in [0.1, 0.15) is 12.3 Å². The van der Waals surface area contributed by atoms with E-state index in [1.807, 2.05) is 27.7 Å².